The van der Waals surface area contributed by atoms with Crippen LogP contribution in [0.2, 0.25) is 0 Å². The van der Waals surface area contributed by atoms with Crippen LogP contribution in [-0.2, 0) is 0 Å². The van der Waals surface area contributed by atoms with Crippen LogP contribution in [-0.4, -0.2) is 4.98 Å². The number of nitrogens with two attached hydrogens (primary N) is 2. The number of pyridine rings is 1. The average molecular weight is 246 g/mol. The molecule has 1 aromatic carbocycles. The van der Waals surface area contributed by atoms with E-state index in [9.17, 15) is 4.39 Å². The van der Waals surface area contributed by atoms with E-state index in [1.807, 2.05) is 6.07 Å². The highest BCUT2D eigenvalue weighted by Crippen LogP contribution is 2.26. The van der Waals surface area contributed by atoms with Crippen LogP contribution in [0.15, 0.2) is 36.7 Å². The second-order valence-electron chi connectivity index (χ2n) is 4.11. The Bertz CT molecular complexity index is 556. The summed E-state index contributed by atoms with van der Waals surface area (Å²) in [7, 11) is 0. The van der Waals surface area contributed by atoms with Crippen molar-refractivity contribution in [3.8, 4) is 0 Å². The van der Waals surface area contributed by atoms with Gasteiger partial charge in [-0.25, -0.2) is 9.82 Å². The molecule has 5 N–H and O–H groups in total. The van der Waals surface area contributed by atoms with E-state index in [4.69, 9.17) is 11.6 Å². The molecule has 0 aliphatic heterocycles. The molecule has 0 saturated carbocycles. The van der Waals surface area contributed by atoms with Gasteiger partial charge >= 0.3 is 0 Å². The fourth-order valence-corrected chi connectivity index (χ4v) is 1.81. The van der Waals surface area contributed by atoms with Gasteiger partial charge in [-0.15, -0.1) is 0 Å². The highest BCUT2D eigenvalue weighted by molar-refractivity contribution is 5.49. The maximum absolute atomic E-state index is 13.6. The third-order valence-electron chi connectivity index (χ3n) is 2.89. The number of halogens is 1. The molecule has 1 unspecified atom stereocenters. The summed E-state index contributed by atoms with van der Waals surface area (Å²) in [5.41, 5.74) is 11.1. The third-order valence-corrected chi connectivity index (χ3v) is 2.89. The van der Waals surface area contributed by atoms with Crippen molar-refractivity contribution < 1.29 is 4.39 Å². The molecule has 0 saturated heterocycles. The molecule has 4 nitrogen and oxygen atoms in total. The van der Waals surface area contributed by atoms with E-state index in [0.29, 0.717) is 16.8 Å². The first-order valence-electron chi connectivity index (χ1n) is 5.55. The summed E-state index contributed by atoms with van der Waals surface area (Å²) in [6.45, 7) is 1.71. The highest BCUT2D eigenvalue weighted by Gasteiger charge is 2.16. The first-order chi connectivity index (χ1) is 8.63. The average Bonchev–Trinajstić information content (AvgIpc) is 2.37. The van der Waals surface area contributed by atoms with Crippen LogP contribution >= 0.6 is 0 Å². The monoisotopic (exact) mass is 246 g/mol. The largest absolute Gasteiger partial charge is 0.398 e. The smallest absolute Gasteiger partial charge is 0.126 e. The first kappa shape index (κ1) is 12.5. The van der Waals surface area contributed by atoms with Crippen LogP contribution in [0.4, 0.5) is 10.1 Å². The van der Waals surface area contributed by atoms with Crippen molar-refractivity contribution in [1.29, 1.82) is 0 Å². The van der Waals surface area contributed by atoms with Crippen LogP contribution in [0.5, 0.6) is 0 Å². The van der Waals surface area contributed by atoms with Gasteiger partial charge in [0.2, 0.25) is 0 Å². The molecule has 0 fully saturated rings. The second kappa shape index (κ2) is 5.12. The van der Waals surface area contributed by atoms with E-state index in [0.717, 1.165) is 5.56 Å². The number of anilines is 1. The number of benzene rings is 1. The van der Waals surface area contributed by atoms with Crippen LogP contribution in [0.1, 0.15) is 22.7 Å². The molecular formula is C13H15FN4. The molecule has 94 valence electrons. The van der Waals surface area contributed by atoms with Crippen LogP contribution in [0.3, 0.4) is 0 Å². The molecule has 2 aromatic rings. The van der Waals surface area contributed by atoms with Gasteiger partial charge in [0.1, 0.15) is 5.82 Å². The first-order valence-corrected chi connectivity index (χ1v) is 5.55. The summed E-state index contributed by atoms with van der Waals surface area (Å²) in [5.74, 6) is 5.27. The Labute approximate surface area is 105 Å². The zero-order valence-electron chi connectivity index (χ0n) is 10.0. The van der Waals surface area contributed by atoms with Crippen LogP contribution < -0.4 is 17.0 Å². The maximum atomic E-state index is 13.6. The Morgan fingerprint density at radius 1 is 1.33 bits per heavy atom. The summed E-state index contributed by atoms with van der Waals surface area (Å²) >= 11 is 0. The van der Waals surface area contributed by atoms with Gasteiger partial charge in [-0.05, 0) is 30.2 Å². The fraction of sp³-hybridized carbons (Fsp3) is 0.154. The summed E-state index contributed by atoms with van der Waals surface area (Å²) in [6, 6.07) is 6.28. The Hall–Kier alpha value is -1.98. The third kappa shape index (κ3) is 2.32. The van der Waals surface area contributed by atoms with Crippen molar-refractivity contribution in [2.24, 2.45) is 5.84 Å². The lowest BCUT2D eigenvalue weighted by molar-refractivity contribution is 0.599. The molecule has 1 heterocycles. The van der Waals surface area contributed by atoms with Crippen molar-refractivity contribution in [2.75, 3.05) is 5.73 Å². The van der Waals surface area contributed by atoms with E-state index >= 15 is 0 Å². The minimum atomic E-state index is -0.381. The predicted octanol–water partition coefficient (Wildman–Crippen LogP) is 1.66. The summed E-state index contributed by atoms with van der Waals surface area (Å²) in [4.78, 5) is 4.01. The van der Waals surface area contributed by atoms with E-state index in [2.05, 4.69) is 10.4 Å². The molecule has 0 amide bonds. The van der Waals surface area contributed by atoms with Crippen molar-refractivity contribution >= 4 is 5.69 Å². The normalized spacial score (nSPS) is 12.4. The quantitative estimate of drug-likeness (QED) is 0.568. The lowest BCUT2D eigenvalue weighted by Gasteiger charge is -2.18. The Kier molecular flexibility index (Phi) is 3.55. The minimum absolute atomic E-state index is 0.268. The van der Waals surface area contributed by atoms with Gasteiger partial charge in [0.05, 0.1) is 6.04 Å². The summed E-state index contributed by atoms with van der Waals surface area (Å²) in [6.07, 6.45) is 3.22. The number of nitrogens with zero attached hydrogens (tertiary/aromatic N) is 1. The number of hydrogen-bond donors (Lipinski definition) is 3. The SMILES string of the molecule is Cc1ccc(C(NN)c2cnccc2N)cc1F. The fourth-order valence-electron chi connectivity index (χ4n) is 1.81. The topological polar surface area (TPSA) is 77.0 Å². The van der Waals surface area contributed by atoms with Crippen molar-refractivity contribution in [2.45, 2.75) is 13.0 Å². The van der Waals surface area contributed by atoms with E-state index in [-0.39, 0.29) is 11.9 Å². The zero-order valence-corrected chi connectivity index (χ0v) is 10.0. The van der Waals surface area contributed by atoms with Crippen molar-refractivity contribution in [3.05, 3.63) is 59.2 Å². The van der Waals surface area contributed by atoms with Gasteiger partial charge < -0.3 is 5.73 Å². The number of hydrazine groups is 1. The lowest BCUT2D eigenvalue weighted by atomic mass is 9.98. The summed E-state index contributed by atoms with van der Waals surface area (Å²) in [5, 5.41) is 0. The Balaban J connectivity index is 2.45. The standard InChI is InChI=1S/C13H15FN4/c1-8-2-3-9(6-11(8)14)13(18-16)10-7-17-5-4-12(10)15/h2-7,13,18H,16H2,1H3,(H2,15,17). The molecule has 5 heteroatoms. The minimum Gasteiger partial charge on any atom is -0.398 e. The molecule has 0 spiro atoms. The van der Waals surface area contributed by atoms with Gasteiger partial charge in [-0.3, -0.25) is 10.8 Å². The van der Waals surface area contributed by atoms with E-state index < -0.39 is 0 Å². The van der Waals surface area contributed by atoms with Crippen molar-refractivity contribution in [3.63, 3.8) is 0 Å². The number of hydrogen-bond acceptors (Lipinski definition) is 4. The number of nitrogen functional groups attached to an aromatic ring is 1. The predicted molar refractivity (Wildman–Crippen MR) is 69.0 cm³/mol. The maximum Gasteiger partial charge on any atom is 0.126 e. The van der Waals surface area contributed by atoms with E-state index in [1.54, 1.807) is 31.5 Å². The molecule has 1 atom stereocenters. The number of nitrogens with one attached hydrogen (secondary N) is 1. The zero-order chi connectivity index (χ0) is 13.1. The number of aryl methyl sites for hydroxylation is 1. The van der Waals surface area contributed by atoms with E-state index in [1.165, 1.54) is 6.07 Å². The number of aromatic nitrogens is 1. The van der Waals surface area contributed by atoms with Gasteiger partial charge in [-0.1, -0.05) is 12.1 Å². The molecule has 0 radical (unpaired) electrons. The molecule has 0 aliphatic carbocycles. The van der Waals surface area contributed by atoms with Crippen LogP contribution in [0.25, 0.3) is 0 Å². The van der Waals surface area contributed by atoms with Gasteiger partial charge in [0.15, 0.2) is 0 Å². The van der Waals surface area contributed by atoms with Gasteiger partial charge in [-0.2, -0.15) is 0 Å². The van der Waals surface area contributed by atoms with Gasteiger partial charge in [0, 0.05) is 23.6 Å². The molecule has 1 aromatic heterocycles. The number of rotatable bonds is 3. The second-order valence-corrected chi connectivity index (χ2v) is 4.11. The molecule has 0 aliphatic rings. The van der Waals surface area contributed by atoms with Gasteiger partial charge in [0.25, 0.3) is 0 Å². The highest BCUT2D eigenvalue weighted by atomic mass is 19.1. The molecular weight excluding hydrogens is 231 g/mol. The summed E-state index contributed by atoms with van der Waals surface area (Å²) < 4.78 is 13.6. The molecule has 18 heavy (non-hydrogen) atoms. The molecule has 2 rings (SSSR count). The Morgan fingerprint density at radius 2 is 2.11 bits per heavy atom. The van der Waals surface area contributed by atoms with Crippen molar-refractivity contribution in [1.82, 2.24) is 10.4 Å². The van der Waals surface area contributed by atoms with Crippen LogP contribution in [0, 0.1) is 12.7 Å². The Morgan fingerprint density at radius 3 is 2.72 bits per heavy atom. The molecule has 0 bridgehead atoms. The lowest BCUT2D eigenvalue weighted by Crippen LogP contribution is -2.29.